The van der Waals surface area contributed by atoms with E-state index in [1.54, 1.807) is 22.8 Å². The standard InChI is InChI=1S/C16H15N3O3/c1-11-4-3-5-13(8-11)22-10-14-17-15-7-6-12(16(20)21-2)9-19(15)18-14/h3-9H,10H2,1-2H3. The number of rotatable bonds is 4. The number of fused-ring (bicyclic) bond motifs is 1. The summed E-state index contributed by atoms with van der Waals surface area (Å²) < 4.78 is 11.9. The van der Waals surface area contributed by atoms with Gasteiger partial charge in [0.1, 0.15) is 12.4 Å². The van der Waals surface area contributed by atoms with Crippen LogP contribution in [0.1, 0.15) is 21.7 Å². The Morgan fingerprint density at radius 1 is 1.27 bits per heavy atom. The van der Waals surface area contributed by atoms with Crippen molar-refractivity contribution in [2.75, 3.05) is 7.11 Å². The Hall–Kier alpha value is -2.89. The van der Waals surface area contributed by atoms with Gasteiger partial charge in [-0.25, -0.2) is 14.3 Å². The molecular formula is C16H15N3O3. The summed E-state index contributed by atoms with van der Waals surface area (Å²) in [5.41, 5.74) is 2.20. The molecule has 0 aliphatic carbocycles. The molecule has 0 unspecified atom stereocenters. The van der Waals surface area contributed by atoms with E-state index < -0.39 is 5.97 Å². The summed E-state index contributed by atoms with van der Waals surface area (Å²) in [7, 11) is 1.34. The van der Waals surface area contributed by atoms with E-state index in [9.17, 15) is 4.79 Å². The number of methoxy groups -OCH3 is 1. The molecule has 0 atom stereocenters. The first-order valence-electron chi connectivity index (χ1n) is 6.79. The largest absolute Gasteiger partial charge is 0.486 e. The number of carbonyl (C=O) groups is 1. The van der Waals surface area contributed by atoms with Crippen LogP contribution >= 0.6 is 0 Å². The molecule has 6 heteroatoms. The van der Waals surface area contributed by atoms with E-state index in [4.69, 9.17) is 4.74 Å². The van der Waals surface area contributed by atoms with Crippen LogP contribution in [0.15, 0.2) is 42.6 Å². The lowest BCUT2D eigenvalue weighted by Crippen LogP contribution is -2.03. The first-order valence-corrected chi connectivity index (χ1v) is 6.79. The summed E-state index contributed by atoms with van der Waals surface area (Å²) in [5.74, 6) is 0.910. The van der Waals surface area contributed by atoms with Crippen molar-refractivity contribution in [3.8, 4) is 5.75 Å². The lowest BCUT2D eigenvalue weighted by atomic mass is 10.2. The van der Waals surface area contributed by atoms with Gasteiger partial charge in [-0.05, 0) is 36.8 Å². The molecule has 0 saturated carbocycles. The first-order chi connectivity index (χ1) is 10.7. The van der Waals surface area contributed by atoms with Gasteiger partial charge in [-0.3, -0.25) is 0 Å². The van der Waals surface area contributed by atoms with Crippen molar-refractivity contribution >= 4 is 11.6 Å². The Morgan fingerprint density at radius 2 is 2.14 bits per heavy atom. The fourth-order valence-electron chi connectivity index (χ4n) is 2.08. The van der Waals surface area contributed by atoms with Crippen molar-refractivity contribution < 1.29 is 14.3 Å². The monoisotopic (exact) mass is 297 g/mol. The Morgan fingerprint density at radius 3 is 2.91 bits per heavy atom. The van der Waals surface area contributed by atoms with Crippen molar-refractivity contribution in [3.63, 3.8) is 0 Å². The van der Waals surface area contributed by atoms with E-state index in [1.807, 2.05) is 31.2 Å². The zero-order valence-electron chi connectivity index (χ0n) is 12.3. The van der Waals surface area contributed by atoms with Gasteiger partial charge in [0.25, 0.3) is 0 Å². The molecule has 2 aromatic heterocycles. The van der Waals surface area contributed by atoms with Gasteiger partial charge < -0.3 is 9.47 Å². The Kier molecular flexibility index (Phi) is 3.74. The van der Waals surface area contributed by atoms with Gasteiger partial charge >= 0.3 is 5.97 Å². The summed E-state index contributed by atoms with van der Waals surface area (Å²) in [5, 5.41) is 4.30. The molecule has 3 aromatic rings. The number of aryl methyl sites for hydroxylation is 1. The highest BCUT2D eigenvalue weighted by molar-refractivity contribution is 5.89. The highest BCUT2D eigenvalue weighted by Crippen LogP contribution is 2.14. The van der Waals surface area contributed by atoms with Gasteiger partial charge in [0.05, 0.1) is 12.7 Å². The van der Waals surface area contributed by atoms with E-state index in [-0.39, 0.29) is 6.61 Å². The number of benzene rings is 1. The van der Waals surface area contributed by atoms with Gasteiger partial charge in [-0.2, -0.15) is 0 Å². The van der Waals surface area contributed by atoms with Gasteiger partial charge in [0.15, 0.2) is 11.5 Å². The van der Waals surface area contributed by atoms with Gasteiger partial charge in [-0.1, -0.05) is 12.1 Å². The Labute approximate surface area is 127 Å². The van der Waals surface area contributed by atoms with Crippen LogP contribution in [0.25, 0.3) is 5.65 Å². The van der Waals surface area contributed by atoms with Gasteiger partial charge in [-0.15, -0.1) is 5.10 Å². The molecule has 0 radical (unpaired) electrons. The average Bonchev–Trinajstić information content (AvgIpc) is 2.94. The molecule has 2 heterocycles. The van der Waals surface area contributed by atoms with Crippen molar-refractivity contribution in [3.05, 3.63) is 59.5 Å². The Balaban J connectivity index is 1.78. The number of carbonyl (C=O) groups excluding carboxylic acids is 1. The minimum atomic E-state index is -0.407. The van der Waals surface area contributed by atoms with Crippen molar-refractivity contribution in [1.82, 2.24) is 14.6 Å². The number of aromatic nitrogens is 3. The SMILES string of the molecule is COC(=O)c1ccc2nc(COc3cccc(C)c3)nn2c1. The van der Waals surface area contributed by atoms with Crippen LogP contribution in [0.2, 0.25) is 0 Å². The number of pyridine rings is 1. The zero-order chi connectivity index (χ0) is 15.5. The molecule has 6 nitrogen and oxygen atoms in total. The van der Waals surface area contributed by atoms with Crippen molar-refractivity contribution in [1.29, 1.82) is 0 Å². The second-order valence-corrected chi connectivity index (χ2v) is 4.85. The molecule has 1 aromatic carbocycles. The maximum Gasteiger partial charge on any atom is 0.339 e. The smallest absolute Gasteiger partial charge is 0.339 e. The lowest BCUT2D eigenvalue weighted by Gasteiger charge is -2.03. The number of ether oxygens (including phenoxy) is 2. The van der Waals surface area contributed by atoms with Gasteiger partial charge in [0.2, 0.25) is 0 Å². The second kappa shape index (κ2) is 5.85. The number of hydrogen-bond donors (Lipinski definition) is 0. The van der Waals surface area contributed by atoms with Crippen molar-refractivity contribution in [2.45, 2.75) is 13.5 Å². The second-order valence-electron chi connectivity index (χ2n) is 4.85. The van der Waals surface area contributed by atoms with E-state index in [0.29, 0.717) is 17.0 Å². The average molecular weight is 297 g/mol. The molecule has 0 saturated heterocycles. The Bertz CT molecular complexity index is 826. The number of nitrogens with zero attached hydrogens (tertiary/aromatic N) is 3. The molecule has 0 fully saturated rings. The third kappa shape index (κ3) is 2.90. The third-order valence-electron chi connectivity index (χ3n) is 3.15. The summed E-state index contributed by atoms with van der Waals surface area (Å²) in [6.07, 6.45) is 1.59. The van der Waals surface area contributed by atoms with E-state index >= 15 is 0 Å². The quantitative estimate of drug-likeness (QED) is 0.692. The molecule has 3 rings (SSSR count). The predicted octanol–water partition coefficient (Wildman–Crippen LogP) is 2.40. The van der Waals surface area contributed by atoms with Crippen LogP contribution in [0, 0.1) is 6.92 Å². The maximum atomic E-state index is 11.5. The molecule has 0 N–H and O–H groups in total. The molecule has 0 aliphatic rings. The lowest BCUT2D eigenvalue weighted by molar-refractivity contribution is 0.0600. The molecule has 112 valence electrons. The summed E-state index contributed by atoms with van der Waals surface area (Å²) in [6.45, 7) is 2.27. The summed E-state index contributed by atoms with van der Waals surface area (Å²) in [4.78, 5) is 15.8. The van der Waals surface area contributed by atoms with Crippen LogP contribution in [0.5, 0.6) is 5.75 Å². The normalized spacial score (nSPS) is 10.6. The van der Waals surface area contributed by atoms with Crippen molar-refractivity contribution in [2.24, 2.45) is 0 Å². The fraction of sp³-hybridized carbons (Fsp3) is 0.188. The highest BCUT2D eigenvalue weighted by atomic mass is 16.5. The molecule has 0 aliphatic heterocycles. The minimum Gasteiger partial charge on any atom is -0.486 e. The van der Waals surface area contributed by atoms with E-state index in [1.165, 1.54) is 7.11 Å². The molecular weight excluding hydrogens is 282 g/mol. The van der Waals surface area contributed by atoms with E-state index in [2.05, 4.69) is 14.8 Å². The van der Waals surface area contributed by atoms with E-state index in [0.717, 1.165) is 11.3 Å². The van der Waals surface area contributed by atoms with Crippen LogP contribution in [-0.2, 0) is 11.3 Å². The molecule has 0 spiro atoms. The maximum absolute atomic E-state index is 11.5. The minimum absolute atomic E-state index is 0.263. The third-order valence-corrected chi connectivity index (χ3v) is 3.15. The van der Waals surface area contributed by atoms with Gasteiger partial charge in [0, 0.05) is 6.20 Å². The van der Waals surface area contributed by atoms with Crippen LogP contribution in [0.3, 0.4) is 0 Å². The summed E-state index contributed by atoms with van der Waals surface area (Å²) in [6, 6.07) is 11.1. The first kappa shape index (κ1) is 14.1. The molecule has 0 bridgehead atoms. The topological polar surface area (TPSA) is 65.7 Å². The molecule has 0 amide bonds. The summed E-state index contributed by atoms with van der Waals surface area (Å²) >= 11 is 0. The van der Waals surface area contributed by atoms with Crippen LogP contribution in [0.4, 0.5) is 0 Å². The van der Waals surface area contributed by atoms with Crippen LogP contribution < -0.4 is 4.74 Å². The zero-order valence-corrected chi connectivity index (χ0v) is 12.3. The fourth-order valence-corrected chi connectivity index (χ4v) is 2.08. The van der Waals surface area contributed by atoms with Crippen LogP contribution in [-0.4, -0.2) is 27.7 Å². The highest BCUT2D eigenvalue weighted by Gasteiger charge is 2.09. The number of hydrogen-bond acceptors (Lipinski definition) is 5. The predicted molar refractivity (Wildman–Crippen MR) is 79.8 cm³/mol. The molecule has 22 heavy (non-hydrogen) atoms. The number of esters is 1.